The Bertz CT molecular complexity index is 1800. The van der Waals surface area contributed by atoms with E-state index in [2.05, 4.69) is 10.2 Å². The van der Waals surface area contributed by atoms with Crippen LogP contribution in [0, 0.1) is 19.7 Å². The number of rotatable bonds is 5. The fourth-order valence-electron chi connectivity index (χ4n) is 4.62. The van der Waals surface area contributed by atoms with Crippen molar-refractivity contribution < 1.29 is 32.6 Å². The fourth-order valence-corrected chi connectivity index (χ4v) is 4.62. The van der Waals surface area contributed by atoms with Gasteiger partial charge in [0, 0.05) is 16.6 Å². The second-order valence-corrected chi connectivity index (χ2v) is 9.31. The Hall–Kier alpha value is -4.99. The van der Waals surface area contributed by atoms with Crippen LogP contribution in [-0.2, 0) is 6.18 Å². The topological polar surface area (TPSA) is 87.2 Å². The van der Waals surface area contributed by atoms with Crippen molar-refractivity contribution in [2.45, 2.75) is 20.0 Å². The maximum Gasteiger partial charge on any atom is 0.416 e. The van der Waals surface area contributed by atoms with Gasteiger partial charge in [0.2, 0.25) is 5.88 Å². The molecule has 0 fully saturated rings. The second kappa shape index (κ2) is 9.96. The van der Waals surface area contributed by atoms with Crippen molar-refractivity contribution >= 4 is 28.6 Å². The predicted octanol–water partition coefficient (Wildman–Crippen LogP) is 8.71. The molecule has 5 aromatic rings. The number of carbonyl (C=O) groups excluding carboxylic acids is 1. The summed E-state index contributed by atoms with van der Waals surface area (Å²) in [6.07, 6.45) is -4.25. The number of alkyl halides is 3. The normalized spacial score (nSPS) is 11.9. The summed E-state index contributed by atoms with van der Waals surface area (Å²) < 4.78 is 55.8. The zero-order valence-electron chi connectivity index (χ0n) is 21.2. The molecule has 0 aliphatic carbocycles. The Labute approximate surface area is 225 Å². The van der Waals surface area contributed by atoms with Crippen LogP contribution in [0.4, 0.5) is 28.9 Å². The van der Waals surface area contributed by atoms with E-state index in [1.807, 2.05) is 19.9 Å². The van der Waals surface area contributed by atoms with Gasteiger partial charge in [0.05, 0.1) is 16.6 Å². The molecular formula is C30H21F4N3O3. The molecule has 0 saturated carbocycles. The van der Waals surface area contributed by atoms with E-state index in [0.717, 1.165) is 29.3 Å². The van der Waals surface area contributed by atoms with Crippen LogP contribution in [0.2, 0.25) is 0 Å². The number of aromatic nitrogens is 1. The van der Waals surface area contributed by atoms with Crippen molar-refractivity contribution in [2.24, 2.45) is 10.2 Å². The number of nitrogens with zero attached hydrogens (tertiary/aromatic N) is 3. The molecule has 0 unspecified atom stereocenters. The third kappa shape index (κ3) is 4.79. The molecule has 2 N–H and O–H groups in total. The molecule has 0 radical (unpaired) electrons. The molecule has 4 aromatic carbocycles. The minimum Gasteiger partial charge on any atom is -0.505 e. The molecule has 0 spiro atoms. The Morgan fingerprint density at radius 3 is 2.27 bits per heavy atom. The van der Waals surface area contributed by atoms with Gasteiger partial charge in [-0.1, -0.05) is 24.3 Å². The van der Waals surface area contributed by atoms with Crippen LogP contribution in [0.3, 0.4) is 0 Å². The first kappa shape index (κ1) is 26.6. The molecule has 0 amide bonds. The zero-order chi connectivity index (χ0) is 28.8. The lowest BCUT2D eigenvalue weighted by Crippen LogP contribution is -2.05. The van der Waals surface area contributed by atoms with Gasteiger partial charge in [-0.2, -0.15) is 13.2 Å². The molecule has 202 valence electrons. The van der Waals surface area contributed by atoms with E-state index in [0.29, 0.717) is 17.5 Å². The Morgan fingerprint density at radius 2 is 1.60 bits per heavy atom. The van der Waals surface area contributed by atoms with Gasteiger partial charge < -0.3 is 10.2 Å². The fraction of sp³-hybridized carbons (Fsp3) is 0.100. The largest absolute Gasteiger partial charge is 0.505 e. The van der Waals surface area contributed by atoms with Gasteiger partial charge >= 0.3 is 6.18 Å². The monoisotopic (exact) mass is 547 g/mol. The maximum atomic E-state index is 13.8. The van der Waals surface area contributed by atoms with Gasteiger partial charge in [-0.25, -0.2) is 4.39 Å². The summed E-state index contributed by atoms with van der Waals surface area (Å²) >= 11 is 0. The van der Waals surface area contributed by atoms with Crippen LogP contribution in [-0.4, -0.2) is 21.1 Å². The Balaban J connectivity index is 1.67. The van der Waals surface area contributed by atoms with Gasteiger partial charge in [0.1, 0.15) is 11.5 Å². The number of para-hydroxylation sites is 1. The van der Waals surface area contributed by atoms with E-state index in [1.54, 1.807) is 18.2 Å². The molecule has 5 rings (SSSR count). The maximum absolute atomic E-state index is 13.8. The summed E-state index contributed by atoms with van der Waals surface area (Å²) in [6.45, 7) is 3.66. The molecule has 40 heavy (non-hydrogen) atoms. The van der Waals surface area contributed by atoms with E-state index < -0.39 is 23.4 Å². The third-order valence-electron chi connectivity index (χ3n) is 6.42. The van der Waals surface area contributed by atoms with Crippen LogP contribution in [0.25, 0.3) is 27.7 Å². The SMILES string of the molecule is Cc1cc(C)cc(-n2c(O)c(N=Nc3cccc(-c4ccc(F)c(C=O)c4)c3O)c3ccc(C(F)(F)F)cc32)c1. The second-order valence-electron chi connectivity index (χ2n) is 9.31. The summed E-state index contributed by atoms with van der Waals surface area (Å²) in [5, 5.41) is 30.5. The first-order valence-corrected chi connectivity index (χ1v) is 12.0. The minimum absolute atomic E-state index is 0.0203. The number of phenols is 1. The lowest BCUT2D eigenvalue weighted by molar-refractivity contribution is -0.137. The molecule has 0 atom stereocenters. The van der Waals surface area contributed by atoms with Crippen LogP contribution >= 0.6 is 0 Å². The zero-order valence-corrected chi connectivity index (χ0v) is 21.2. The summed E-state index contributed by atoms with van der Waals surface area (Å²) in [5.74, 6) is -1.47. The number of aryl methyl sites for hydroxylation is 2. The number of halogens is 4. The predicted molar refractivity (Wildman–Crippen MR) is 142 cm³/mol. The van der Waals surface area contributed by atoms with E-state index in [4.69, 9.17) is 0 Å². The van der Waals surface area contributed by atoms with Crippen molar-refractivity contribution in [1.82, 2.24) is 4.57 Å². The average Bonchev–Trinajstić information content (AvgIpc) is 3.17. The molecule has 0 aliphatic rings. The van der Waals surface area contributed by atoms with Crippen molar-refractivity contribution in [2.75, 3.05) is 0 Å². The molecule has 0 saturated heterocycles. The number of carbonyl (C=O) groups is 1. The molecule has 0 bridgehead atoms. The van der Waals surface area contributed by atoms with E-state index >= 15 is 0 Å². The molecular weight excluding hydrogens is 526 g/mol. The number of phenolic OH excluding ortho intramolecular Hbond substituents is 1. The highest BCUT2D eigenvalue weighted by Gasteiger charge is 2.32. The number of azo groups is 1. The first-order valence-electron chi connectivity index (χ1n) is 12.0. The number of aldehydes is 1. The van der Waals surface area contributed by atoms with Crippen molar-refractivity contribution in [3.63, 3.8) is 0 Å². The van der Waals surface area contributed by atoms with Crippen LogP contribution in [0.5, 0.6) is 11.6 Å². The van der Waals surface area contributed by atoms with Gasteiger partial charge in [-0.15, -0.1) is 10.2 Å². The van der Waals surface area contributed by atoms with Gasteiger partial charge in [0.15, 0.2) is 17.7 Å². The van der Waals surface area contributed by atoms with E-state index in [1.165, 1.54) is 34.9 Å². The van der Waals surface area contributed by atoms with Crippen LogP contribution in [0.1, 0.15) is 27.0 Å². The summed E-state index contributed by atoms with van der Waals surface area (Å²) in [4.78, 5) is 11.2. The van der Waals surface area contributed by atoms with E-state index in [9.17, 15) is 32.6 Å². The molecule has 1 aromatic heterocycles. The van der Waals surface area contributed by atoms with Gasteiger partial charge in [-0.05, 0) is 79.1 Å². The van der Waals surface area contributed by atoms with Crippen molar-refractivity contribution in [3.05, 3.63) is 101 Å². The molecule has 0 aliphatic heterocycles. The highest BCUT2D eigenvalue weighted by atomic mass is 19.4. The summed E-state index contributed by atoms with van der Waals surface area (Å²) in [5.41, 5.74) is 1.58. The Morgan fingerprint density at radius 1 is 0.875 bits per heavy atom. The average molecular weight is 548 g/mol. The highest BCUT2D eigenvalue weighted by molar-refractivity contribution is 5.97. The number of hydrogen-bond donors (Lipinski definition) is 2. The number of benzene rings is 4. The van der Waals surface area contributed by atoms with Crippen molar-refractivity contribution in [3.8, 4) is 28.4 Å². The van der Waals surface area contributed by atoms with Crippen LogP contribution < -0.4 is 0 Å². The van der Waals surface area contributed by atoms with Gasteiger partial charge in [-0.3, -0.25) is 9.36 Å². The summed E-state index contributed by atoms with van der Waals surface area (Å²) in [7, 11) is 0. The third-order valence-corrected chi connectivity index (χ3v) is 6.42. The highest BCUT2D eigenvalue weighted by Crippen LogP contribution is 2.45. The summed E-state index contributed by atoms with van der Waals surface area (Å²) in [6, 6.07) is 16.7. The molecule has 10 heteroatoms. The lowest BCUT2D eigenvalue weighted by Gasteiger charge is -2.11. The minimum atomic E-state index is -4.61. The molecule has 1 heterocycles. The van der Waals surface area contributed by atoms with Gasteiger partial charge in [0.25, 0.3) is 0 Å². The smallest absolute Gasteiger partial charge is 0.416 e. The number of aromatic hydroxyl groups is 2. The number of fused-ring (bicyclic) bond motifs is 1. The quantitative estimate of drug-likeness (QED) is 0.131. The van der Waals surface area contributed by atoms with E-state index in [-0.39, 0.29) is 39.2 Å². The van der Waals surface area contributed by atoms with Crippen LogP contribution in [0.15, 0.2) is 83.0 Å². The molecule has 6 nitrogen and oxygen atoms in total. The lowest BCUT2D eigenvalue weighted by atomic mass is 10.0. The Kier molecular flexibility index (Phi) is 6.62. The van der Waals surface area contributed by atoms with Crippen molar-refractivity contribution in [1.29, 1.82) is 0 Å². The number of hydrogen-bond acceptors (Lipinski definition) is 5. The standard InChI is InChI=1S/C30H21F4N3O3/c1-16-10-17(2)12-21(11-16)37-26-14-20(30(32,33)34)7-8-23(26)27(29(37)40)36-35-25-5-3-4-22(28(25)39)18-6-9-24(31)19(13-18)15-38/h3-15,39-40H,1-2H3. The first-order chi connectivity index (χ1) is 19.0.